The summed E-state index contributed by atoms with van der Waals surface area (Å²) in [6.07, 6.45) is 5.58. The fourth-order valence-corrected chi connectivity index (χ4v) is 2.70. The molecule has 2 heterocycles. The molecule has 1 aliphatic carbocycles. The van der Waals surface area contributed by atoms with Gasteiger partial charge < -0.3 is 15.0 Å². The van der Waals surface area contributed by atoms with Gasteiger partial charge in [0.25, 0.3) is 0 Å². The molecule has 1 saturated heterocycles. The molecular formula is C14H22N4O. The second kappa shape index (κ2) is 5.43. The van der Waals surface area contributed by atoms with E-state index in [-0.39, 0.29) is 0 Å². The molecule has 0 amide bonds. The van der Waals surface area contributed by atoms with Crippen LogP contribution in [0.5, 0.6) is 6.01 Å². The van der Waals surface area contributed by atoms with Gasteiger partial charge in [-0.15, -0.1) is 0 Å². The highest BCUT2D eigenvalue weighted by Crippen LogP contribution is 2.42. The molecule has 1 aromatic heterocycles. The standard InChI is InChI=1S/C14H22N4O/c1-18-7-5-12(15-6-8-18)11-9-16-14(19-2)17-13(11)10-3-4-10/h9-10,12,15H,3-8H2,1-2H3. The summed E-state index contributed by atoms with van der Waals surface area (Å²) in [5.74, 6) is 0.620. The van der Waals surface area contributed by atoms with Crippen molar-refractivity contribution in [3.05, 3.63) is 17.5 Å². The van der Waals surface area contributed by atoms with E-state index in [1.54, 1.807) is 7.11 Å². The number of likely N-dealkylation sites (N-methyl/N-ethyl adjacent to an activating group) is 1. The molecule has 1 N–H and O–H groups in total. The van der Waals surface area contributed by atoms with Crippen LogP contribution < -0.4 is 10.1 Å². The molecule has 5 heteroatoms. The predicted octanol–water partition coefficient (Wildman–Crippen LogP) is 1.33. The second-order valence-electron chi connectivity index (χ2n) is 5.57. The molecule has 0 bridgehead atoms. The molecule has 104 valence electrons. The zero-order chi connectivity index (χ0) is 13.2. The number of rotatable bonds is 3. The van der Waals surface area contributed by atoms with E-state index in [0.717, 1.165) is 26.1 Å². The molecular weight excluding hydrogens is 240 g/mol. The van der Waals surface area contributed by atoms with E-state index in [1.165, 1.54) is 24.1 Å². The largest absolute Gasteiger partial charge is 0.467 e. The molecule has 1 aliphatic heterocycles. The first-order valence-electron chi connectivity index (χ1n) is 7.10. The monoisotopic (exact) mass is 262 g/mol. The first-order valence-corrected chi connectivity index (χ1v) is 7.10. The minimum Gasteiger partial charge on any atom is -0.467 e. The van der Waals surface area contributed by atoms with Crippen LogP contribution in [0.4, 0.5) is 0 Å². The van der Waals surface area contributed by atoms with Crippen LogP contribution in [0.1, 0.15) is 42.5 Å². The Labute approximate surface area is 114 Å². The summed E-state index contributed by atoms with van der Waals surface area (Å²) in [5.41, 5.74) is 2.48. The number of hydrogen-bond donors (Lipinski definition) is 1. The molecule has 1 atom stereocenters. The van der Waals surface area contributed by atoms with Gasteiger partial charge in [0.15, 0.2) is 0 Å². The maximum absolute atomic E-state index is 5.17. The van der Waals surface area contributed by atoms with Gasteiger partial charge in [0, 0.05) is 36.8 Å². The van der Waals surface area contributed by atoms with Crippen molar-refractivity contribution >= 4 is 0 Å². The lowest BCUT2D eigenvalue weighted by Gasteiger charge is -2.19. The van der Waals surface area contributed by atoms with Gasteiger partial charge in [-0.25, -0.2) is 4.98 Å². The van der Waals surface area contributed by atoms with E-state index in [4.69, 9.17) is 4.74 Å². The lowest BCUT2D eigenvalue weighted by molar-refractivity contribution is 0.354. The number of nitrogens with zero attached hydrogens (tertiary/aromatic N) is 3. The Morgan fingerprint density at radius 1 is 1.32 bits per heavy atom. The fourth-order valence-electron chi connectivity index (χ4n) is 2.70. The Morgan fingerprint density at radius 3 is 2.89 bits per heavy atom. The molecule has 0 radical (unpaired) electrons. The third kappa shape index (κ3) is 2.87. The number of aromatic nitrogens is 2. The van der Waals surface area contributed by atoms with Gasteiger partial charge in [-0.05, 0) is 32.9 Å². The van der Waals surface area contributed by atoms with Crippen LogP contribution in [0.3, 0.4) is 0 Å². The highest BCUT2D eigenvalue weighted by molar-refractivity contribution is 5.29. The summed E-state index contributed by atoms with van der Waals surface area (Å²) in [6.45, 7) is 3.25. The second-order valence-corrected chi connectivity index (χ2v) is 5.57. The maximum atomic E-state index is 5.17. The maximum Gasteiger partial charge on any atom is 0.316 e. The Bertz CT molecular complexity index is 447. The predicted molar refractivity (Wildman–Crippen MR) is 73.4 cm³/mol. The van der Waals surface area contributed by atoms with Crippen LogP contribution in [-0.2, 0) is 0 Å². The number of hydrogen-bond acceptors (Lipinski definition) is 5. The van der Waals surface area contributed by atoms with E-state index < -0.39 is 0 Å². The average Bonchev–Trinajstić information content (AvgIpc) is 3.26. The summed E-state index contributed by atoms with van der Waals surface area (Å²) in [7, 11) is 3.81. The Balaban J connectivity index is 1.86. The normalized spacial score (nSPS) is 25.1. The van der Waals surface area contributed by atoms with Crippen LogP contribution in [0.2, 0.25) is 0 Å². The molecule has 0 aromatic carbocycles. The van der Waals surface area contributed by atoms with E-state index in [1.807, 2.05) is 6.20 Å². The van der Waals surface area contributed by atoms with Gasteiger partial charge >= 0.3 is 6.01 Å². The van der Waals surface area contributed by atoms with Crippen molar-refractivity contribution in [1.29, 1.82) is 0 Å². The van der Waals surface area contributed by atoms with Crippen molar-refractivity contribution in [2.24, 2.45) is 0 Å². The molecule has 2 fully saturated rings. The minimum atomic E-state index is 0.381. The van der Waals surface area contributed by atoms with Crippen molar-refractivity contribution in [3.8, 4) is 6.01 Å². The van der Waals surface area contributed by atoms with Crippen molar-refractivity contribution in [2.75, 3.05) is 33.8 Å². The molecule has 1 saturated carbocycles. The molecule has 19 heavy (non-hydrogen) atoms. The van der Waals surface area contributed by atoms with Gasteiger partial charge in [0.05, 0.1) is 12.8 Å². The van der Waals surface area contributed by atoms with Crippen LogP contribution in [0.25, 0.3) is 0 Å². The summed E-state index contributed by atoms with van der Waals surface area (Å²) < 4.78 is 5.17. The molecule has 2 aliphatic rings. The van der Waals surface area contributed by atoms with Crippen LogP contribution in [-0.4, -0.2) is 48.7 Å². The van der Waals surface area contributed by atoms with Crippen LogP contribution in [0.15, 0.2) is 6.20 Å². The zero-order valence-electron chi connectivity index (χ0n) is 11.7. The Morgan fingerprint density at radius 2 is 2.16 bits per heavy atom. The summed E-state index contributed by atoms with van der Waals surface area (Å²) in [4.78, 5) is 11.3. The topological polar surface area (TPSA) is 50.3 Å². The minimum absolute atomic E-state index is 0.381. The average molecular weight is 262 g/mol. The SMILES string of the molecule is COc1ncc(C2CCN(C)CCN2)c(C2CC2)n1. The lowest BCUT2D eigenvalue weighted by atomic mass is 10.0. The molecule has 1 aromatic rings. The van der Waals surface area contributed by atoms with Gasteiger partial charge in [-0.3, -0.25) is 0 Å². The van der Waals surface area contributed by atoms with Crippen LogP contribution >= 0.6 is 0 Å². The number of methoxy groups -OCH3 is 1. The van der Waals surface area contributed by atoms with Gasteiger partial charge in [0.1, 0.15) is 0 Å². The van der Waals surface area contributed by atoms with E-state index >= 15 is 0 Å². The fraction of sp³-hybridized carbons (Fsp3) is 0.714. The molecule has 1 unspecified atom stereocenters. The van der Waals surface area contributed by atoms with Crippen molar-refractivity contribution < 1.29 is 4.74 Å². The van der Waals surface area contributed by atoms with Gasteiger partial charge in [0.2, 0.25) is 0 Å². The summed E-state index contributed by atoms with van der Waals surface area (Å²) in [6, 6.07) is 0.878. The van der Waals surface area contributed by atoms with Crippen molar-refractivity contribution in [2.45, 2.75) is 31.2 Å². The summed E-state index contributed by atoms with van der Waals surface area (Å²) >= 11 is 0. The van der Waals surface area contributed by atoms with Crippen molar-refractivity contribution in [1.82, 2.24) is 20.2 Å². The highest BCUT2D eigenvalue weighted by Gasteiger charge is 2.31. The molecule has 0 spiro atoms. The quantitative estimate of drug-likeness (QED) is 0.890. The third-order valence-electron chi connectivity index (χ3n) is 4.03. The Hall–Kier alpha value is -1.20. The van der Waals surface area contributed by atoms with E-state index in [2.05, 4.69) is 27.2 Å². The van der Waals surface area contributed by atoms with Crippen molar-refractivity contribution in [3.63, 3.8) is 0 Å². The van der Waals surface area contributed by atoms with Crippen LogP contribution in [0, 0.1) is 0 Å². The molecule has 5 nitrogen and oxygen atoms in total. The van der Waals surface area contributed by atoms with Gasteiger partial charge in [-0.1, -0.05) is 0 Å². The van der Waals surface area contributed by atoms with E-state index in [0.29, 0.717) is 18.0 Å². The highest BCUT2D eigenvalue weighted by atomic mass is 16.5. The smallest absolute Gasteiger partial charge is 0.316 e. The third-order valence-corrected chi connectivity index (χ3v) is 4.03. The number of nitrogens with one attached hydrogen (secondary N) is 1. The van der Waals surface area contributed by atoms with Gasteiger partial charge in [-0.2, -0.15) is 4.98 Å². The van der Waals surface area contributed by atoms with E-state index in [9.17, 15) is 0 Å². The lowest BCUT2D eigenvalue weighted by Crippen LogP contribution is -2.25. The Kier molecular flexibility index (Phi) is 3.66. The zero-order valence-corrected chi connectivity index (χ0v) is 11.7. The number of ether oxygens (including phenoxy) is 1. The first-order chi connectivity index (χ1) is 9.28. The summed E-state index contributed by atoms with van der Waals surface area (Å²) in [5, 5.41) is 3.63. The first kappa shape index (κ1) is 12.8. The molecule has 3 rings (SSSR count).